The van der Waals surface area contributed by atoms with Crippen LogP contribution in [0.3, 0.4) is 0 Å². The zero-order chi connectivity index (χ0) is 16.1. The summed E-state index contributed by atoms with van der Waals surface area (Å²) in [5.74, 6) is 0.815. The van der Waals surface area contributed by atoms with E-state index in [1.165, 1.54) is 0 Å². The Balaban J connectivity index is 2.01. The fraction of sp³-hybridized carbons (Fsp3) is 0.316. The molecule has 0 fully saturated rings. The lowest BCUT2D eigenvalue weighted by molar-refractivity contribution is 0.0940. The van der Waals surface area contributed by atoms with Gasteiger partial charge in [0.25, 0.3) is 0 Å². The summed E-state index contributed by atoms with van der Waals surface area (Å²) in [5.41, 5.74) is 3.53. The van der Waals surface area contributed by atoms with E-state index in [-0.39, 0.29) is 5.78 Å². The molecule has 0 saturated carbocycles. The van der Waals surface area contributed by atoms with Gasteiger partial charge in [-0.1, -0.05) is 24.3 Å². The number of ether oxygens (including phenoxy) is 1. The quantitative estimate of drug-likeness (QED) is 0.820. The fourth-order valence-electron chi connectivity index (χ4n) is 2.58. The topological polar surface area (TPSA) is 46.5 Å². The van der Waals surface area contributed by atoms with Gasteiger partial charge < -0.3 is 9.84 Å². The summed E-state index contributed by atoms with van der Waals surface area (Å²) in [4.78, 5) is 12.3. The third kappa shape index (κ3) is 3.74. The molecule has 0 aliphatic rings. The Morgan fingerprint density at radius 2 is 1.86 bits per heavy atom. The molecule has 22 heavy (non-hydrogen) atoms. The molecule has 0 spiro atoms. The first-order valence-electron chi connectivity index (χ1n) is 7.44. The Hall–Kier alpha value is -2.13. The molecule has 2 aromatic carbocycles. The van der Waals surface area contributed by atoms with Crippen molar-refractivity contribution in [2.45, 2.75) is 32.8 Å². The Labute approximate surface area is 131 Å². The number of methoxy groups -OCH3 is 1. The Morgan fingerprint density at radius 1 is 1.14 bits per heavy atom. The molecule has 116 valence electrons. The average molecular weight is 298 g/mol. The average Bonchev–Trinajstić information content (AvgIpc) is 2.52. The number of carbonyl (C=O) groups excluding carboxylic acids is 1. The zero-order valence-electron chi connectivity index (χ0n) is 13.3. The van der Waals surface area contributed by atoms with E-state index in [9.17, 15) is 9.90 Å². The summed E-state index contributed by atoms with van der Waals surface area (Å²) in [7, 11) is 1.61. The van der Waals surface area contributed by atoms with Crippen molar-refractivity contribution in [2.24, 2.45) is 0 Å². The van der Waals surface area contributed by atoms with E-state index in [0.29, 0.717) is 18.4 Å². The van der Waals surface area contributed by atoms with Crippen LogP contribution in [-0.2, 0) is 0 Å². The lowest BCUT2D eigenvalue weighted by Crippen LogP contribution is -2.05. The Kier molecular flexibility index (Phi) is 5.34. The van der Waals surface area contributed by atoms with E-state index in [2.05, 4.69) is 0 Å². The summed E-state index contributed by atoms with van der Waals surface area (Å²) in [5, 5.41) is 10.3. The third-order valence-corrected chi connectivity index (χ3v) is 3.91. The minimum Gasteiger partial charge on any atom is -0.496 e. The third-order valence-electron chi connectivity index (χ3n) is 3.91. The van der Waals surface area contributed by atoms with Gasteiger partial charge in [0.05, 0.1) is 13.2 Å². The van der Waals surface area contributed by atoms with E-state index in [4.69, 9.17) is 4.74 Å². The summed E-state index contributed by atoms with van der Waals surface area (Å²) >= 11 is 0. The van der Waals surface area contributed by atoms with Gasteiger partial charge >= 0.3 is 0 Å². The largest absolute Gasteiger partial charge is 0.496 e. The highest BCUT2D eigenvalue weighted by molar-refractivity contribution is 5.96. The molecule has 2 aromatic rings. The predicted molar refractivity (Wildman–Crippen MR) is 87.4 cm³/mol. The summed E-state index contributed by atoms with van der Waals surface area (Å²) < 4.78 is 5.20. The molecule has 0 saturated heterocycles. The number of Topliss-reactive ketones (excluding diaryl/α,β-unsaturated/α-hetero) is 1. The number of hydrogen-bond acceptors (Lipinski definition) is 3. The Bertz CT molecular complexity index is 661. The molecule has 3 nitrogen and oxygen atoms in total. The van der Waals surface area contributed by atoms with E-state index in [1.54, 1.807) is 19.2 Å². The van der Waals surface area contributed by atoms with Gasteiger partial charge in [-0.05, 0) is 55.2 Å². The highest BCUT2D eigenvalue weighted by Crippen LogP contribution is 2.24. The lowest BCUT2D eigenvalue weighted by atomic mass is 9.97. The molecule has 2 rings (SSSR count). The van der Waals surface area contributed by atoms with Crippen molar-refractivity contribution in [3.8, 4) is 5.75 Å². The highest BCUT2D eigenvalue weighted by atomic mass is 16.5. The second-order valence-corrected chi connectivity index (χ2v) is 5.52. The molecule has 0 aromatic heterocycles. The minimum absolute atomic E-state index is 0.0402. The van der Waals surface area contributed by atoms with Crippen LogP contribution in [0.5, 0.6) is 5.75 Å². The molecular formula is C19H22O3. The van der Waals surface area contributed by atoms with Crippen molar-refractivity contribution in [2.75, 3.05) is 7.11 Å². The van der Waals surface area contributed by atoms with Gasteiger partial charge in [0, 0.05) is 12.0 Å². The van der Waals surface area contributed by atoms with Crippen LogP contribution >= 0.6 is 0 Å². The molecular weight excluding hydrogens is 276 g/mol. The molecule has 1 N–H and O–H groups in total. The number of carbonyl (C=O) groups is 1. The molecule has 0 radical (unpaired) electrons. The van der Waals surface area contributed by atoms with Crippen LogP contribution in [0.15, 0.2) is 42.5 Å². The van der Waals surface area contributed by atoms with E-state index >= 15 is 0 Å². The van der Waals surface area contributed by atoms with Gasteiger partial charge in [0.1, 0.15) is 5.75 Å². The SMILES string of the molecule is COc1ccc(C(=O)CCC(O)c2ccccc2C)cc1C. The van der Waals surface area contributed by atoms with Crippen LogP contribution in [0.25, 0.3) is 0 Å². The summed E-state index contributed by atoms with van der Waals surface area (Å²) in [6.45, 7) is 3.88. The molecule has 0 amide bonds. The second kappa shape index (κ2) is 7.23. The van der Waals surface area contributed by atoms with Crippen LogP contribution in [-0.4, -0.2) is 18.0 Å². The molecule has 3 heteroatoms. The van der Waals surface area contributed by atoms with Gasteiger partial charge in [-0.25, -0.2) is 0 Å². The normalized spacial score (nSPS) is 12.0. The van der Waals surface area contributed by atoms with Gasteiger partial charge in [0.15, 0.2) is 5.78 Å². The standard InChI is InChI=1S/C19H22O3/c1-13-6-4-5-7-16(13)18(21)10-9-17(20)15-8-11-19(22-3)14(2)12-15/h4-8,11-12,18,21H,9-10H2,1-3H3. The van der Waals surface area contributed by atoms with Crippen LogP contribution in [0.4, 0.5) is 0 Å². The fourth-order valence-corrected chi connectivity index (χ4v) is 2.58. The molecule has 0 bridgehead atoms. The second-order valence-electron chi connectivity index (χ2n) is 5.52. The smallest absolute Gasteiger partial charge is 0.162 e. The lowest BCUT2D eigenvalue weighted by Gasteiger charge is -2.13. The van der Waals surface area contributed by atoms with Crippen molar-refractivity contribution < 1.29 is 14.6 Å². The minimum atomic E-state index is -0.607. The molecule has 0 aliphatic heterocycles. The molecule has 1 atom stereocenters. The predicted octanol–water partition coefficient (Wildman–Crippen LogP) is 4.01. The van der Waals surface area contributed by atoms with Gasteiger partial charge in [-0.3, -0.25) is 4.79 Å². The first-order valence-corrected chi connectivity index (χ1v) is 7.44. The number of aliphatic hydroxyl groups is 1. The van der Waals surface area contributed by atoms with Crippen LogP contribution in [0, 0.1) is 13.8 Å². The molecule has 0 heterocycles. The molecule has 0 aliphatic carbocycles. The molecule has 1 unspecified atom stereocenters. The number of rotatable bonds is 6. The maximum absolute atomic E-state index is 12.3. The van der Waals surface area contributed by atoms with Crippen LogP contribution < -0.4 is 4.74 Å². The van der Waals surface area contributed by atoms with Crippen LogP contribution in [0.2, 0.25) is 0 Å². The van der Waals surface area contributed by atoms with E-state index in [0.717, 1.165) is 22.4 Å². The van der Waals surface area contributed by atoms with Crippen molar-refractivity contribution in [3.63, 3.8) is 0 Å². The maximum Gasteiger partial charge on any atom is 0.162 e. The van der Waals surface area contributed by atoms with Crippen molar-refractivity contribution in [1.82, 2.24) is 0 Å². The number of hydrogen-bond donors (Lipinski definition) is 1. The van der Waals surface area contributed by atoms with Gasteiger partial charge in [-0.2, -0.15) is 0 Å². The zero-order valence-corrected chi connectivity index (χ0v) is 13.3. The monoisotopic (exact) mass is 298 g/mol. The van der Waals surface area contributed by atoms with Gasteiger partial charge in [0.2, 0.25) is 0 Å². The van der Waals surface area contributed by atoms with Crippen molar-refractivity contribution in [3.05, 3.63) is 64.7 Å². The highest BCUT2D eigenvalue weighted by Gasteiger charge is 2.14. The van der Waals surface area contributed by atoms with Crippen molar-refractivity contribution >= 4 is 5.78 Å². The Morgan fingerprint density at radius 3 is 2.50 bits per heavy atom. The first-order chi connectivity index (χ1) is 10.5. The number of benzene rings is 2. The first kappa shape index (κ1) is 16.2. The van der Waals surface area contributed by atoms with E-state index < -0.39 is 6.10 Å². The number of ketones is 1. The number of aliphatic hydroxyl groups excluding tert-OH is 1. The summed E-state index contributed by atoms with van der Waals surface area (Å²) in [6, 6.07) is 13.1. The van der Waals surface area contributed by atoms with E-state index in [1.807, 2.05) is 44.2 Å². The van der Waals surface area contributed by atoms with Gasteiger partial charge in [-0.15, -0.1) is 0 Å². The number of aryl methyl sites for hydroxylation is 2. The summed E-state index contributed by atoms with van der Waals surface area (Å²) in [6.07, 6.45) is 0.139. The van der Waals surface area contributed by atoms with Crippen LogP contribution in [0.1, 0.15) is 46.0 Å². The van der Waals surface area contributed by atoms with Crippen molar-refractivity contribution in [1.29, 1.82) is 0 Å². The maximum atomic E-state index is 12.3.